The van der Waals surface area contributed by atoms with Crippen molar-refractivity contribution in [3.63, 3.8) is 0 Å². The fraction of sp³-hybridized carbons (Fsp3) is 0.286. The number of aryl methyl sites for hydroxylation is 2. The minimum atomic E-state index is -0.278. The number of hydrogen-bond acceptors (Lipinski definition) is 3. The Morgan fingerprint density at radius 1 is 1.09 bits per heavy atom. The Bertz CT molecular complexity index is 756. The summed E-state index contributed by atoms with van der Waals surface area (Å²) in [6.07, 6.45) is 0. The predicted octanol–water partition coefficient (Wildman–Crippen LogP) is 5.69. The molecule has 0 spiro atoms. The Balaban J connectivity index is 0.000000354. The minimum absolute atomic E-state index is 0.278. The molecule has 8 heteroatoms. The molecule has 4 nitrogen and oxygen atoms in total. The van der Waals surface area contributed by atoms with Crippen LogP contribution >= 0.6 is 59.9 Å². The summed E-state index contributed by atoms with van der Waals surface area (Å²) in [7, 11) is 2.00. The maximum atomic E-state index is 5.92. The van der Waals surface area contributed by atoms with Crippen LogP contribution in [0.1, 0.15) is 19.7 Å². The average Bonchev–Trinajstić information content (AvgIpc) is 2.78. The first-order chi connectivity index (χ1) is 10.4. The van der Waals surface area contributed by atoms with Gasteiger partial charge in [-0.3, -0.25) is 0 Å². The van der Waals surface area contributed by atoms with E-state index in [9.17, 15) is 0 Å². The molecule has 0 unspecified atom stereocenters. The summed E-state index contributed by atoms with van der Waals surface area (Å²) in [6, 6.07) is 7.98. The van der Waals surface area contributed by atoms with Crippen LogP contribution in [0.4, 0.5) is 5.82 Å². The fourth-order valence-corrected chi connectivity index (χ4v) is 2.05. The molecule has 0 saturated heterocycles. The second kappa shape index (κ2) is 9.85. The number of hydrogen-bond donors (Lipinski definition) is 1. The van der Waals surface area contributed by atoms with Gasteiger partial charge in [0.1, 0.15) is 11.3 Å². The first-order valence-corrected chi connectivity index (χ1v) is 20.2. The van der Waals surface area contributed by atoms with Gasteiger partial charge in [-0.1, -0.05) is 32.0 Å². The number of imidazole rings is 1. The Morgan fingerprint density at radius 3 is 2.23 bits per heavy atom. The molecule has 0 atom stereocenters. The maximum absolute atomic E-state index is 5.92. The number of nitrogens with two attached hydrogens (primary N) is 1. The van der Waals surface area contributed by atoms with Crippen molar-refractivity contribution in [1.82, 2.24) is 14.5 Å². The number of benzene rings is 1. The monoisotopic (exact) mass is 674 g/mol. The molecule has 3 aromatic rings. The summed E-state index contributed by atoms with van der Waals surface area (Å²) >= 11 is 7.39. The van der Waals surface area contributed by atoms with Gasteiger partial charge in [-0.2, -0.15) is 0 Å². The number of fused-ring (bicyclic) bond motifs is 3. The molecule has 2 aromatic heterocycles. The van der Waals surface area contributed by atoms with E-state index in [4.69, 9.17) is 5.73 Å². The topological polar surface area (TPSA) is 56.7 Å². The molecule has 0 radical (unpaired) electrons. The van der Waals surface area contributed by atoms with E-state index in [1.165, 1.54) is 0 Å². The first kappa shape index (κ1) is 20.7. The van der Waals surface area contributed by atoms with Crippen LogP contribution in [0.5, 0.6) is 0 Å². The summed E-state index contributed by atoms with van der Waals surface area (Å²) in [6.45, 7) is 5.97. The van der Waals surface area contributed by atoms with Gasteiger partial charge < -0.3 is 10.3 Å². The molecule has 2 N–H and O–H groups in total. The molecule has 0 aliphatic rings. The molecule has 0 bridgehead atoms. The molecule has 22 heavy (non-hydrogen) atoms. The van der Waals surface area contributed by atoms with Gasteiger partial charge in [-0.05, 0) is 13.0 Å². The Hall–Kier alpha value is 0.674. The van der Waals surface area contributed by atoms with Crippen molar-refractivity contribution in [3.8, 4) is 0 Å². The molecule has 120 valence electrons. The van der Waals surface area contributed by atoms with Gasteiger partial charge in [0.05, 0.1) is 11.0 Å². The quantitative estimate of drug-likeness (QED) is 0.312. The van der Waals surface area contributed by atoms with Crippen molar-refractivity contribution in [1.29, 1.82) is 0 Å². The van der Waals surface area contributed by atoms with Crippen LogP contribution in [0.15, 0.2) is 24.3 Å². The van der Waals surface area contributed by atoms with Crippen LogP contribution in [0.2, 0.25) is 0 Å². The Kier molecular flexibility index (Phi) is 9.27. The molecule has 0 amide bonds. The summed E-state index contributed by atoms with van der Waals surface area (Å²) < 4.78 is 2.05. The molecule has 0 aliphatic heterocycles. The molecule has 1 aromatic carbocycles. The molecule has 2 heterocycles. The summed E-state index contributed by atoms with van der Waals surface area (Å²) in [5.74, 6) is 1.44. The number of aromatic nitrogens is 3. The fourth-order valence-electron chi connectivity index (χ4n) is 2.05. The number of pyridine rings is 1. The van der Waals surface area contributed by atoms with Crippen molar-refractivity contribution in [2.45, 2.75) is 20.8 Å². The van der Waals surface area contributed by atoms with Gasteiger partial charge in [-0.15, -0.1) is 0 Å². The third-order valence-electron chi connectivity index (χ3n) is 2.96. The SMILES string of the molecule is CC.Cc1nc2c(N)nc3ccccc3c2n1C.[I][V]([I])[I]. The molecular weight excluding hydrogens is 656 g/mol. The summed E-state index contributed by atoms with van der Waals surface area (Å²) in [5, 5.41) is 1.09. The average molecular weight is 674 g/mol. The van der Waals surface area contributed by atoms with Gasteiger partial charge in [0.2, 0.25) is 0 Å². The van der Waals surface area contributed by atoms with Crippen LogP contribution in [0, 0.1) is 6.92 Å². The normalized spacial score (nSPS) is 10.2. The van der Waals surface area contributed by atoms with E-state index >= 15 is 0 Å². The van der Waals surface area contributed by atoms with E-state index in [0.717, 1.165) is 27.8 Å². The summed E-state index contributed by atoms with van der Waals surface area (Å²) in [5.41, 5.74) is 8.68. The van der Waals surface area contributed by atoms with E-state index < -0.39 is 0 Å². The zero-order valence-electron chi connectivity index (χ0n) is 12.8. The number of nitrogens with zero attached hydrogens (tertiary/aromatic N) is 3. The molecular formula is C14H18I3N4V. The molecule has 0 saturated carbocycles. The predicted molar refractivity (Wildman–Crippen MR) is 119 cm³/mol. The zero-order valence-corrected chi connectivity index (χ0v) is 20.7. The van der Waals surface area contributed by atoms with Crippen LogP contribution in [-0.4, -0.2) is 14.5 Å². The van der Waals surface area contributed by atoms with Crippen LogP contribution < -0.4 is 5.73 Å². The summed E-state index contributed by atoms with van der Waals surface area (Å²) in [4.78, 5) is 8.52. The van der Waals surface area contributed by atoms with E-state index in [0.29, 0.717) is 5.82 Å². The number of nitrogen functional groups attached to an aromatic ring is 1. The van der Waals surface area contributed by atoms with E-state index in [1.54, 1.807) is 0 Å². The number of para-hydroxylation sites is 1. The molecule has 0 aliphatic carbocycles. The van der Waals surface area contributed by atoms with Gasteiger partial charge in [0, 0.05) is 12.4 Å². The van der Waals surface area contributed by atoms with Crippen LogP contribution in [0.3, 0.4) is 0 Å². The third-order valence-corrected chi connectivity index (χ3v) is 2.96. The molecule has 0 fully saturated rings. The van der Waals surface area contributed by atoms with Crippen molar-refractivity contribution < 1.29 is 4.92 Å². The van der Waals surface area contributed by atoms with E-state index in [1.807, 2.05) is 52.1 Å². The van der Waals surface area contributed by atoms with Crippen molar-refractivity contribution >= 4 is 87.7 Å². The van der Waals surface area contributed by atoms with E-state index in [2.05, 4.69) is 74.5 Å². The van der Waals surface area contributed by atoms with Gasteiger partial charge in [-0.25, -0.2) is 9.97 Å². The van der Waals surface area contributed by atoms with Gasteiger partial charge >= 0.3 is 64.9 Å². The second-order valence-corrected chi connectivity index (χ2v) is 39.5. The first-order valence-electron chi connectivity index (χ1n) is 6.66. The Labute approximate surface area is 168 Å². The van der Waals surface area contributed by atoms with Crippen molar-refractivity contribution in [3.05, 3.63) is 30.1 Å². The molecule has 3 rings (SSSR count). The van der Waals surface area contributed by atoms with Crippen LogP contribution in [0.25, 0.3) is 21.9 Å². The number of anilines is 1. The Morgan fingerprint density at radius 2 is 1.64 bits per heavy atom. The second-order valence-electron chi connectivity index (χ2n) is 4.12. The van der Waals surface area contributed by atoms with Crippen molar-refractivity contribution in [2.75, 3.05) is 5.73 Å². The number of rotatable bonds is 0. The van der Waals surface area contributed by atoms with Crippen molar-refractivity contribution in [2.24, 2.45) is 7.05 Å². The third kappa shape index (κ3) is 5.08. The van der Waals surface area contributed by atoms with E-state index in [-0.39, 0.29) is 4.92 Å². The zero-order chi connectivity index (χ0) is 16.9. The van der Waals surface area contributed by atoms with Gasteiger partial charge in [0.15, 0.2) is 5.82 Å². The van der Waals surface area contributed by atoms with Crippen LogP contribution in [-0.2, 0) is 12.0 Å². The standard InChI is InChI=1S/C12H12N4.C2H6.3HI.V/c1-7-14-10-11(16(7)2)8-5-3-4-6-9(8)15-12(10)13;1-2;;;;/h3-6H,1-2H3,(H2,13,15);1-2H3;3*1H;/q;;;;;+3/p-3. The van der Waals surface area contributed by atoms with Gasteiger partial charge in [0.25, 0.3) is 0 Å². The number of halogens is 3.